The highest BCUT2D eigenvalue weighted by Crippen LogP contribution is 2.63. The van der Waals surface area contributed by atoms with Gasteiger partial charge in [-0.15, -0.1) is 0 Å². The minimum absolute atomic E-state index is 0.144. The first-order chi connectivity index (χ1) is 12.6. The second-order valence-corrected chi connectivity index (χ2v) is 13.0. The van der Waals surface area contributed by atoms with Gasteiger partial charge >= 0.3 is 0 Å². The highest BCUT2D eigenvalue weighted by atomic mass is 32.2. The second kappa shape index (κ2) is 6.59. The van der Waals surface area contributed by atoms with Gasteiger partial charge in [-0.1, -0.05) is 51.1 Å². The van der Waals surface area contributed by atoms with Crippen LogP contribution in [0.25, 0.3) is 0 Å². The van der Waals surface area contributed by atoms with Gasteiger partial charge in [-0.3, -0.25) is 0 Å². The van der Waals surface area contributed by atoms with E-state index in [9.17, 15) is 8.42 Å². The van der Waals surface area contributed by atoms with E-state index in [4.69, 9.17) is 0 Å². The molecule has 3 nitrogen and oxygen atoms in total. The number of rotatable bonds is 5. The molecule has 0 saturated heterocycles. The van der Waals surface area contributed by atoms with Crippen LogP contribution in [0.1, 0.15) is 77.0 Å². The van der Waals surface area contributed by atoms with Crippen LogP contribution < -0.4 is 4.72 Å². The zero-order chi connectivity index (χ0) is 19.4. The summed E-state index contributed by atoms with van der Waals surface area (Å²) in [6.07, 6.45) is 7.51. The van der Waals surface area contributed by atoms with E-state index in [1.165, 1.54) is 38.5 Å². The summed E-state index contributed by atoms with van der Waals surface area (Å²) in [4.78, 5) is 0. The molecule has 1 N–H and O–H groups in total. The SMILES string of the molecule is C[C@@H](c1ccccc1)S(=O)(=O)NC1C2CC3CC1CC(CC(C)(C)C)(C3)C2. The Hall–Kier alpha value is -0.870. The largest absolute Gasteiger partial charge is 0.218 e. The first kappa shape index (κ1) is 19.4. The van der Waals surface area contributed by atoms with E-state index in [1.54, 1.807) is 0 Å². The molecule has 0 heterocycles. The Morgan fingerprint density at radius 1 is 1.07 bits per heavy atom. The Labute approximate surface area is 165 Å². The molecule has 0 radical (unpaired) electrons. The molecule has 0 aromatic heterocycles. The smallest absolute Gasteiger partial charge is 0.212 e. The lowest BCUT2D eigenvalue weighted by atomic mass is 9.46. The Balaban J connectivity index is 1.52. The minimum atomic E-state index is -3.36. The van der Waals surface area contributed by atoms with Crippen molar-refractivity contribution in [1.82, 2.24) is 4.72 Å². The zero-order valence-corrected chi connectivity index (χ0v) is 18.1. The van der Waals surface area contributed by atoms with Crippen molar-refractivity contribution < 1.29 is 8.42 Å². The maximum absolute atomic E-state index is 13.1. The third-order valence-electron chi connectivity index (χ3n) is 7.34. The molecule has 150 valence electrons. The number of hydrogen-bond acceptors (Lipinski definition) is 2. The van der Waals surface area contributed by atoms with Crippen molar-refractivity contribution in [2.45, 2.75) is 77.5 Å². The molecule has 2 unspecified atom stereocenters. The predicted molar refractivity (Wildman–Crippen MR) is 111 cm³/mol. The summed E-state index contributed by atoms with van der Waals surface area (Å²) in [7, 11) is -3.36. The van der Waals surface area contributed by atoms with Gasteiger partial charge in [-0.05, 0) is 79.6 Å². The lowest BCUT2D eigenvalue weighted by Crippen LogP contribution is -2.59. The van der Waals surface area contributed by atoms with Crippen molar-refractivity contribution in [3.05, 3.63) is 35.9 Å². The van der Waals surface area contributed by atoms with E-state index in [1.807, 2.05) is 37.3 Å². The van der Waals surface area contributed by atoms with Crippen LogP contribution in [0, 0.1) is 28.6 Å². The van der Waals surface area contributed by atoms with Crippen LogP contribution >= 0.6 is 0 Å². The number of hydrogen-bond donors (Lipinski definition) is 1. The molecule has 4 fully saturated rings. The molecule has 1 aromatic rings. The summed E-state index contributed by atoms with van der Waals surface area (Å²) >= 11 is 0. The number of nitrogens with one attached hydrogen (secondary N) is 1. The molecule has 27 heavy (non-hydrogen) atoms. The van der Waals surface area contributed by atoms with Crippen LogP contribution in [-0.4, -0.2) is 14.5 Å². The van der Waals surface area contributed by atoms with E-state index in [2.05, 4.69) is 25.5 Å². The third kappa shape index (κ3) is 3.85. The average molecular weight is 390 g/mol. The summed E-state index contributed by atoms with van der Waals surface area (Å²) in [6.45, 7) is 8.88. The van der Waals surface area contributed by atoms with Crippen LogP contribution in [0.4, 0.5) is 0 Å². The van der Waals surface area contributed by atoms with Gasteiger partial charge in [0.15, 0.2) is 0 Å². The molecule has 0 spiro atoms. The maximum Gasteiger partial charge on any atom is 0.218 e. The Kier molecular flexibility index (Phi) is 4.74. The summed E-state index contributed by atoms with van der Waals surface area (Å²) in [5.41, 5.74) is 1.68. The van der Waals surface area contributed by atoms with E-state index in [-0.39, 0.29) is 6.04 Å². The van der Waals surface area contributed by atoms with Gasteiger partial charge in [0.05, 0.1) is 5.25 Å². The topological polar surface area (TPSA) is 46.2 Å². The first-order valence-electron chi connectivity index (χ1n) is 10.6. The lowest BCUT2D eigenvalue weighted by Gasteiger charge is -2.61. The molecule has 4 heteroatoms. The molecule has 4 aliphatic carbocycles. The molecule has 5 rings (SSSR count). The molecule has 4 saturated carbocycles. The van der Waals surface area contributed by atoms with Crippen molar-refractivity contribution in [3.63, 3.8) is 0 Å². The average Bonchev–Trinajstić information content (AvgIpc) is 2.55. The van der Waals surface area contributed by atoms with Crippen LogP contribution in [0.15, 0.2) is 30.3 Å². The fourth-order valence-electron chi connectivity index (χ4n) is 6.92. The third-order valence-corrected chi connectivity index (χ3v) is 9.14. The van der Waals surface area contributed by atoms with Crippen LogP contribution in [0.3, 0.4) is 0 Å². The van der Waals surface area contributed by atoms with Gasteiger partial charge in [-0.25, -0.2) is 13.1 Å². The minimum Gasteiger partial charge on any atom is -0.212 e. The van der Waals surface area contributed by atoms with Crippen molar-refractivity contribution in [3.8, 4) is 0 Å². The highest BCUT2D eigenvalue weighted by molar-refractivity contribution is 7.89. The second-order valence-electron chi connectivity index (χ2n) is 10.9. The predicted octanol–water partition coefficient (Wildman–Crippen LogP) is 5.30. The molecular formula is C23H35NO2S. The van der Waals surface area contributed by atoms with Crippen LogP contribution in [-0.2, 0) is 10.0 Å². The van der Waals surface area contributed by atoms with Gasteiger partial charge in [0, 0.05) is 6.04 Å². The monoisotopic (exact) mass is 389 g/mol. The summed E-state index contributed by atoms with van der Waals surface area (Å²) in [6, 6.07) is 9.74. The molecule has 1 aromatic carbocycles. The summed E-state index contributed by atoms with van der Waals surface area (Å²) in [5, 5.41) is -0.501. The van der Waals surface area contributed by atoms with Crippen molar-refractivity contribution >= 4 is 10.0 Å². The molecule has 0 aliphatic heterocycles. The van der Waals surface area contributed by atoms with Crippen LogP contribution in [0.2, 0.25) is 0 Å². The van der Waals surface area contributed by atoms with Gasteiger partial charge in [0.25, 0.3) is 0 Å². The Morgan fingerprint density at radius 3 is 2.22 bits per heavy atom. The fraction of sp³-hybridized carbons (Fsp3) is 0.739. The quantitative estimate of drug-likeness (QED) is 0.743. The van der Waals surface area contributed by atoms with Gasteiger partial charge in [0.1, 0.15) is 0 Å². The first-order valence-corrected chi connectivity index (χ1v) is 12.2. The number of benzene rings is 1. The maximum atomic E-state index is 13.1. The van der Waals surface area contributed by atoms with Gasteiger partial charge in [0.2, 0.25) is 10.0 Å². The zero-order valence-electron chi connectivity index (χ0n) is 17.2. The van der Waals surface area contributed by atoms with E-state index >= 15 is 0 Å². The Morgan fingerprint density at radius 2 is 1.67 bits per heavy atom. The lowest BCUT2D eigenvalue weighted by molar-refractivity contribution is -0.0882. The van der Waals surface area contributed by atoms with Crippen molar-refractivity contribution in [2.24, 2.45) is 28.6 Å². The fourth-order valence-corrected chi connectivity index (χ4v) is 8.41. The highest BCUT2D eigenvalue weighted by Gasteiger charge is 2.56. The normalized spacial score (nSPS) is 36.7. The van der Waals surface area contributed by atoms with E-state index in [0.29, 0.717) is 22.7 Å². The van der Waals surface area contributed by atoms with Crippen LogP contribution in [0.5, 0.6) is 0 Å². The summed E-state index contributed by atoms with van der Waals surface area (Å²) < 4.78 is 29.4. The standard InChI is InChI=1S/C23H35NO2S/c1-16(18-8-6-5-7-9-18)27(25,26)24-21-19-10-17-11-20(21)14-23(12-17,13-19)15-22(2,3)4/h5-9,16-17,19-21,24H,10-15H2,1-4H3/t16-,17?,19?,20?,21?,23?/m0/s1. The Bertz CT molecular complexity index is 764. The molecule has 0 amide bonds. The molecular weight excluding hydrogens is 354 g/mol. The molecule has 3 atom stereocenters. The molecule has 4 bridgehead atoms. The van der Waals surface area contributed by atoms with Gasteiger partial charge in [-0.2, -0.15) is 0 Å². The van der Waals surface area contributed by atoms with E-state index in [0.717, 1.165) is 11.5 Å². The van der Waals surface area contributed by atoms with E-state index < -0.39 is 15.3 Å². The van der Waals surface area contributed by atoms with Gasteiger partial charge < -0.3 is 0 Å². The molecule has 4 aliphatic rings. The van der Waals surface area contributed by atoms with Crippen molar-refractivity contribution in [1.29, 1.82) is 0 Å². The number of sulfonamides is 1. The summed E-state index contributed by atoms with van der Waals surface area (Å²) in [5.74, 6) is 1.87. The van der Waals surface area contributed by atoms with Crippen molar-refractivity contribution in [2.75, 3.05) is 0 Å².